The van der Waals surface area contributed by atoms with E-state index in [1.54, 1.807) is 0 Å². The molecule has 4 rings (SSSR count). The molecule has 2 heterocycles. The van der Waals surface area contributed by atoms with E-state index in [2.05, 4.69) is 17.0 Å². The summed E-state index contributed by atoms with van der Waals surface area (Å²) in [5.74, 6) is -0.256. The van der Waals surface area contributed by atoms with Gasteiger partial charge in [-0.05, 0) is 48.1 Å². The van der Waals surface area contributed by atoms with Gasteiger partial charge in [0, 0.05) is 24.5 Å². The van der Waals surface area contributed by atoms with Crippen molar-refractivity contribution in [2.45, 2.75) is 39.4 Å². The summed E-state index contributed by atoms with van der Waals surface area (Å²) < 4.78 is 10.5. The van der Waals surface area contributed by atoms with E-state index in [-0.39, 0.29) is 17.6 Å². The summed E-state index contributed by atoms with van der Waals surface area (Å²) in [6.45, 7) is 5.05. The fourth-order valence-electron chi connectivity index (χ4n) is 3.99. The molecule has 1 aliphatic heterocycles. The standard InChI is InChI=1S/C23H23NO4/c1-14-8-9-19-18(11-21(25)28-22(19)15(14)2)13-24-12-17-7-5-4-6-16(17)10-20(24)23(26)27-3/h4-9,11,20H,10,12-13H2,1-3H3/t20-/m0/s1. The molecule has 1 aromatic heterocycles. The van der Waals surface area contributed by atoms with Crippen LogP contribution in [0.25, 0.3) is 11.0 Å². The molecule has 1 atom stereocenters. The van der Waals surface area contributed by atoms with Gasteiger partial charge in [-0.1, -0.05) is 36.4 Å². The Labute approximate surface area is 163 Å². The van der Waals surface area contributed by atoms with E-state index >= 15 is 0 Å². The highest BCUT2D eigenvalue weighted by atomic mass is 16.5. The molecule has 0 fully saturated rings. The molecule has 0 saturated heterocycles. The molecule has 0 aliphatic carbocycles. The zero-order valence-electron chi connectivity index (χ0n) is 16.3. The van der Waals surface area contributed by atoms with Gasteiger partial charge in [0.15, 0.2) is 0 Å². The minimum atomic E-state index is -0.381. The van der Waals surface area contributed by atoms with Crippen LogP contribution >= 0.6 is 0 Å². The summed E-state index contributed by atoms with van der Waals surface area (Å²) in [6, 6.07) is 13.3. The molecule has 0 N–H and O–H groups in total. The third-order valence-electron chi connectivity index (χ3n) is 5.71. The second kappa shape index (κ2) is 7.24. The smallest absolute Gasteiger partial charge is 0.336 e. The van der Waals surface area contributed by atoms with Crippen molar-refractivity contribution >= 4 is 16.9 Å². The van der Waals surface area contributed by atoms with Gasteiger partial charge in [-0.15, -0.1) is 0 Å². The van der Waals surface area contributed by atoms with Crippen LogP contribution in [-0.2, 0) is 29.0 Å². The first kappa shape index (κ1) is 18.4. The van der Waals surface area contributed by atoms with E-state index in [4.69, 9.17) is 9.15 Å². The van der Waals surface area contributed by atoms with Crippen molar-refractivity contribution in [2.24, 2.45) is 0 Å². The van der Waals surface area contributed by atoms with Crippen molar-refractivity contribution in [2.75, 3.05) is 7.11 Å². The van der Waals surface area contributed by atoms with Crippen LogP contribution in [0.2, 0.25) is 0 Å². The van der Waals surface area contributed by atoms with Crippen molar-refractivity contribution < 1.29 is 13.9 Å². The first-order valence-corrected chi connectivity index (χ1v) is 9.39. The third kappa shape index (κ3) is 3.22. The van der Waals surface area contributed by atoms with Gasteiger partial charge in [-0.3, -0.25) is 9.69 Å². The van der Waals surface area contributed by atoms with Gasteiger partial charge in [-0.25, -0.2) is 4.79 Å². The molecule has 0 spiro atoms. The van der Waals surface area contributed by atoms with Gasteiger partial charge in [0.2, 0.25) is 0 Å². The molecule has 0 radical (unpaired) electrons. The van der Waals surface area contributed by atoms with E-state index < -0.39 is 0 Å². The highest BCUT2D eigenvalue weighted by Gasteiger charge is 2.32. The molecule has 2 aromatic carbocycles. The summed E-state index contributed by atoms with van der Waals surface area (Å²) >= 11 is 0. The van der Waals surface area contributed by atoms with Crippen LogP contribution in [0, 0.1) is 13.8 Å². The molecular formula is C23H23NO4. The van der Waals surface area contributed by atoms with Crippen molar-refractivity contribution in [1.29, 1.82) is 0 Å². The Balaban J connectivity index is 1.78. The molecule has 144 valence electrons. The molecule has 5 nitrogen and oxygen atoms in total. The van der Waals surface area contributed by atoms with Gasteiger partial charge in [-0.2, -0.15) is 0 Å². The van der Waals surface area contributed by atoms with E-state index in [1.165, 1.54) is 18.7 Å². The van der Waals surface area contributed by atoms with Crippen molar-refractivity contribution in [3.05, 3.63) is 80.7 Å². The maximum atomic E-state index is 12.5. The minimum absolute atomic E-state index is 0.256. The van der Waals surface area contributed by atoms with Gasteiger partial charge in [0.25, 0.3) is 0 Å². The van der Waals surface area contributed by atoms with Gasteiger partial charge in [0.1, 0.15) is 11.6 Å². The number of hydrogen-bond donors (Lipinski definition) is 0. The molecular weight excluding hydrogens is 354 g/mol. The normalized spacial score (nSPS) is 16.8. The second-order valence-electron chi connectivity index (χ2n) is 7.39. The van der Waals surface area contributed by atoms with E-state index in [0.29, 0.717) is 25.1 Å². The molecule has 0 bridgehead atoms. The van der Waals surface area contributed by atoms with Crippen LogP contribution < -0.4 is 5.63 Å². The number of fused-ring (bicyclic) bond motifs is 2. The lowest BCUT2D eigenvalue weighted by atomic mass is 9.93. The predicted octanol–water partition coefficient (Wildman–Crippen LogP) is 3.51. The lowest BCUT2D eigenvalue weighted by Gasteiger charge is -2.35. The number of carbonyl (C=O) groups excluding carboxylic acids is 1. The Morgan fingerprint density at radius 1 is 1.18 bits per heavy atom. The summed E-state index contributed by atoms with van der Waals surface area (Å²) in [5.41, 5.74) is 5.51. The molecule has 0 unspecified atom stereocenters. The lowest BCUT2D eigenvalue weighted by Crippen LogP contribution is -2.45. The maximum Gasteiger partial charge on any atom is 0.336 e. The second-order valence-corrected chi connectivity index (χ2v) is 7.39. The summed E-state index contributed by atoms with van der Waals surface area (Å²) in [7, 11) is 1.42. The van der Waals surface area contributed by atoms with Crippen LogP contribution in [0.1, 0.15) is 27.8 Å². The quantitative estimate of drug-likeness (QED) is 0.516. The Morgan fingerprint density at radius 2 is 1.93 bits per heavy atom. The van der Waals surface area contributed by atoms with Crippen molar-refractivity contribution in [3.8, 4) is 0 Å². The number of methoxy groups -OCH3 is 1. The first-order chi connectivity index (χ1) is 13.5. The number of esters is 1. The lowest BCUT2D eigenvalue weighted by molar-refractivity contribution is -0.147. The van der Waals surface area contributed by atoms with E-state index in [0.717, 1.165) is 27.6 Å². The van der Waals surface area contributed by atoms with Crippen LogP contribution in [0.5, 0.6) is 0 Å². The fourth-order valence-corrected chi connectivity index (χ4v) is 3.99. The monoisotopic (exact) mass is 377 g/mol. The summed E-state index contributed by atoms with van der Waals surface area (Å²) in [6.07, 6.45) is 0.598. The Morgan fingerprint density at radius 3 is 2.68 bits per heavy atom. The van der Waals surface area contributed by atoms with Gasteiger partial charge in [0.05, 0.1) is 7.11 Å². The zero-order valence-corrected chi connectivity index (χ0v) is 16.3. The SMILES string of the molecule is COC(=O)[C@@H]1Cc2ccccc2CN1Cc1cc(=O)oc2c(C)c(C)ccc12. The Hall–Kier alpha value is -2.92. The highest BCUT2D eigenvalue weighted by Crippen LogP contribution is 2.29. The van der Waals surface area contributed by atoms with Crippen LogP contribution in [0.15, 0.2) is 51.7 Å². The van der Waals surface area contributed by atoms with Crippen LogP contribution in [0.3, 0.4) is 0 Å². The fraction of sp³-hybridized carbons (Fsp3) is 0.304. The van der Waals surface area contributed by atoms with E-state index in [9.17, 15) is 9.59 Å². The number of benzene rings is 2. The molecule has 3 aromatic rings. The van der Waals surface area contributed by atoms with Crippen molar-refractivity contribution in [1.82, 2.24) is 4.90 Å². The van der Waals surface area contributed by atoms with E-state index in [1.807, 2.05) is 38.1 Å². The molecule has 0 saturated carbocycles. The van der Waals surface area contributed by atoms with Crippen LogP contribution in [0.4, 0.5) is 0 Å². The zero-order chi connectivity index (χ0) is 19.8. The molecule has 1 aliphatic rings. The Bertz CT molecular complexity index is 1120. The predicted molar refractivity (Wildman–Crippen MR) is 107 cm³/mol. The number of hydrogen-bond acceptors (Lipinski definition) is 5. The average Bonchev–Trinajstić information content (AvgIpc) is 2.70. The highest BCUT2D eigenvalue weighted by molar-refractivity contribution is 5.84. The van der Waals surface area contributed by atoms with Crippen molar-refractivity contribution in [3.63, 3.8) is 0 Å². The first-order valence-electron chi connectivity index (χ1n) is 9.39. The number of rotatable bonds is 3. The average molecular weight is 377 g/mol. The number of aryl methyl sites for hydroxylation is 2. The molecule has 28 heavy (non-hydrogen) atoms. The third-order valence-corrected chi connectivity index (χ3v) is 5.71. The summed E-state index contributed by atoms with van der Waals surface area (Å²) in [4.78, 5) is 26.7. The number of carbonyl (C=O) groups is 1. The number of nitrogens with zero attached hydrogens (tertiary/aromatic N) is 1. The van der Waals surface area contributed by atoms with Gasteiger partial charge >= 0.3 is 11.6 Å². The summed E-state index contributed by atoms with van der Waals surface area (Å²) in [5, 5.41) is 0.908. The topological polar surface area (TPSA) is 59.8 Å². The molecule has 0 amide bonds. The maximum absolute atomic E-state index is 12.5. The largest absolute Gasteiger partial charge is 0.468 e. The molecule has 5 heteroatoms. The Kier molecular flexibility index (Phi) is 4.77. The minimum Gasteiger partial charge on any atom is -0.468 e. The number of ether oxygens (including phenoxy) is 1. The van der Waals surface area contributed by atoms with Crippen LogP contribution in [-0.4, -0.2) is 24.0 Å². The van der Waals surface area contributed by atoms with Gasteiger partial charge < -0.3 is 9.15 Å².